The van der Waals surface area contributed by atoms with Crippen molar-refractivity contribution in [1.29, 1.82) is 0 Å². The Morgan fingerprint density at radius 3 is 3.14 bits per heavy atom. The van der Waals surface area contributed by atoms with Gasteiger partial charge in [0, 0.05) is 25.3 Å². The Morgan fingerprint density at radius 1 is 1.50 bits per heavy atom. The number of nitrogens with one attached hydrogen (secondary N) is 1. The van der Waals surface area contributed by atoms with E-state index in [0.717, 1.165) is 18.7 Å². The van der Waals surface area contributed by atoms with Crippen LogP contribution in [0, 0.1) is 0 Å². The highest BCUT2D eigenvalue weighted by Crippen LogP contribution is 2.25. The van der Waals surface area contributed by atoms with Crippen molar-refractivity contribution < 1.29 is 9.84 Å². The van der Waals surface area contributed by atoms with Gasteiger partial charge in [0.15, 0.2) is 6.29 Å². The monoisotopic (exact) mass is 193 g/mol. The second-order valence-corrected chi connectivity index (χ2v) is 3.40. The van der Waals surface area contributed by atoms with E-state index in [0.29, 0.717) is 6.61 Å². The summed E-state index contributed by atoms with van der Waals surface area (Å²) < 4.78 is 5.18. The average Bonchev–Trinajstić information content (AvgIpc) is 2.65. The van der Waals surface area contributed by atoms with Crippen molar-refractivity contribution in [2.45, 2.75) is 26.3 Å². The number of rotatable bonds is 3. The summed E-state index contributed by atoms with van der Waals surface area (Å²) in [4.78, 5) is 0. The Morgan fingerprint density at radius 2 is 2.36 bits per heavy atom. The van der Waals surface area contributed by atoms with E-state index in [1.165, 1.54) is 11.1 Å². The summed E-state index contributed by atoms with van der Waals surface area (Å²) in [7, 11) is 0. The second-order valence-electron chi connectivity index (χ2n) is 3.40. The van der Waals surface area contributed by atoms with Gasteiger partial charge in [-0.3, -0.25) is 0 Å². The Kier molecular flexibility index (Phi) is 2.82. The van der Waals surface area contributed by atoms with Crippen LogP contribution in [0.1, 0.15) is 29.9 Å². The second kappa shape index (κ2) is 4.09. The van der Waals surface area contributed by atoms with Gasteiger partial charge in [-0.2, -0.15) is 0 Å². The quantitative estimate of drug-likeness (QED) is 0.711. The molecular formula is C11H15NO2. The summed E-state index contributed by atoms with van der Waals surface area (Å²) >= 11 is 0. The zero-order chi connectivity index (χ0) is 9.97. The van der Waals surface area contributed by atoms with Crippen LogP contribution in [0.3, 0.4) is 0 Å². The Labute approximate surface area is 83.7 Å². The summed E-state index contributed by atoms with van der Waals surface area (Å²) in [6.07, 6.45) is -0.783. The third-order valence-electron chi connectivity index (χ3n) is 2.52. The van der Waals surface area contributed by atoms with Crippen molar-refractivity contribution in [2.75, 3.05) is 6.61 Å². The number of hydrogen-bond acceptors (Lipinski definition) is 3. The summed E-state index contributed by atoms with van der Waals surface area (Å²) in [6.45, 7) is 4.13. The van der Waals surface area contributed by atoms with Crippen LogP contribution in [-0.2, 0) is 17.8 Å². The smallest absolute Gasteiger partial charge is 0.181 e. The molecule has 0 amide bonds. The summed E-state index contributed by atoms with van der Waals surface area (Å²) in [6, 6.07) is 5.97. The SMILES string of the molecule is CCOC(O)c1cccc2c1CNC2. The molecule has 0 spiro atoms. The van der Waals surface area contributed by atoms with Crippen LogP contribution < -0.4 is 5.32 Å². The summed E-state index contributed by atoms with van der Waals surface area (Å²) in [5.74, 6) is 0. The van der Waals surface area contributed by atoms with Crippen molar-refractivity contribution in [1.82, 2.24) is 5.32 Å². The van der Waals surface area contributed by atoms with Crippen molar-refractivity contribution in [3.63, 3.8) is 0 Å². The molecule has 0 saturated heterocycles. The van der Waals surface area contributed by atoms with Crippen LogP contribution in [0.2, 0.25) is 0 Å². The maximum atomic E-state index is 9.73. The Balaban J connectivity index is 2.29. The molecule has 1 heterocycles. The summed E-state index contributed by atoms with van der Waals surface area (Å²) in [5, 5.41) is 13.0. The molecule has 0 bridgehead atoms. The van der Waals surface area contributed by atoms with Gasteiger partial charge in [0.1, 0.15) is 0 Å². The molecule has 0 saturated carbocycles. The third kappa shape index (κ3) is 1.66. The first kappa shape index (κ1) is 9.65. The van der Waals surface area contributed by atoms with Gasteiger partial charge in [-0.05, 0) is 18.1 Å². The lowest BCUT2D eigenvalue weighted by atomic mass is 10.0. The van der Waals surface area contributed by atoms with Gasteiger partial charge in [0.25, 0.3) is 0 Å². The molecule has 1 aliphatic heterocycles. The molecule has 2 rings (SSSR count). The van der Waals surface area contributed by atoms with Crippen LogP contribution in [-0.4, -0.2) is 11.7 Å². The largest absolute Gasteiger partial charge is 0.364 e. The van der Waals surface area contributed by atoms with E-state index in [2.05, 4.69) is 11.4 Å². The minimum Gasteiger partial charge on any atom is -0.364 e. The maximum absolute atomic E-state index is 9.73. The van der Waals surface area contributed by atoms with Crippen LogP contribution in [0.4, 0.5) is 0 Å². The number of aliphatic hydroxyl groups excluding tert-OH is 1. The van der Waals surface area contributed by atoms with Crippen molar-refractivity contribution in [2.24, 2.45) is 0 Å². The minimum absolute atomic E-state index is 0.526. The fourth-order valence-corrected chi connectivity index (χ4v) is 1.84. The maximum Gasteiger partial charge on any atom is 0.181 e. The van der Waals surface area contributed by atoms with Crippen molar-refractivity contribution >= 4 is 0 Å². The number of ether oxygens (including phenoxy) is 1. The third-order valence-corrected chi connectivity index (χ3v) is 2.52. The van der Waals surface area contributed by atoms with E-state index in [4.69, 9.17) is 4.74 Å². The van der Waals surface area contributed by atoms with Gasteiger partial charge in [0.05, 0.1) is 0 Å². The zero-order valence-electron chi connectivity index (χ0n) is 8.29. The van der Waals surface area contributed by atoms with E-state index in [-0.39, 0.29) is 0 Å². The first-order valence-electron chi connectivity index (χ1n) is 4.94. The van der Waals surface area contributed by atoms with Crippen molar-refractivity contribution in [3.05, 3.63) is 34.9 Å². The highest BCUT2D eigenvalue weighted by atomic mass is 16.6. The normalized spacial score (nSPS) is 16.7. The van der Waals surface area contributed by atoms with Crippen molar-refractivity contribution in [3.8, 4) is 0 Å². The standard InChI is InChI=1S/C11H15NO2/c1-2-14-11(13)9-5-3-4-8-6-12-7-10(8)9/h3-5,11-13H,2,6-7H2,1H3. The van der Waals surface area contributed by atoms with E-state index in [1.807, 2.05) is 19.1 Å². The first-order valence-corrected chi connectivity index (χ1v) is 4.94. The van der Waals surface area contributed by atoms with E-state index in [1.54, 1.807) is 0 Å². The van der Waals surface area contributed by atoms with Crippen LogP contribution in [0.15, 0.2) is 18.2 Å². The molecule has 1 atom stereocenters. The fourth-order valence-electron chi connectivity index (χ4n) is 1.84. The van der Waals surface area contributed by atoms with Crippen LogP contribution in [0.25, 0.3) is 0 Å². The Bertz CT molecular complexity index is 325. The number of hydrogen-bond donors (Lipinski definition) is 2. The number of aliphatic hydroxyl groups is 1. The zero-order valence-corrected chi connectivity index (χ0v) is 8.29. The molecule has 1 aromatic carbocycles. The molecule has 76 valence electrons. The van der Waals surface area contributed by atoms with Crippen LogP contribution >= 0.6 is 0 Å². The topological polar surface area (TPSA) is 41.5 Å². The molecule has 1 aliphatic rings. The highest BCUT2D eigenvalue weighted by Gasteiger charge is 2.18. The van der Waals surface area contributed by atoms with Gasteiger partial charge >= 0.3 is 0 Å². The number of benzene rings is 1. The lowest BCUT2D eigenvalue weighted by Crippen LogP contribution is -2.07. The molecular weight excluding hydrogens is 178 g/mol. The molecule has 14 heavy (non-hydrogen) atoms. The molecule has 1 aromatic rings. The Hall–Kier alpha value is -0.900. The predicted molar refractivity (Wildman–Crippen MR) is 53.6 cm³/mol. The van der Waals surface area contributed by atoms with E-state index >= 15 is 0 Å². The molecule has 2 N–H and O–H groups in total. The average molecular weight is 193 g/mol. The van der Waals surface area contributed by atoms with E-state index in [9.17, 15) is 5.11 Å². The molecule has 0 fully saturated rings. The summed E-state index contributed by atoms with van der Waals surface area (Å²) in [5.41, 5.74) is 3.35. The molecule has 0 aliphatic carbocycles. The first-order chi connectivity index (χ1) is 6.83. The molecule has 3 nitrogen and oxygen atoms in total. The fraction of sp³-hybridized carbons (Fsp3) is 0.455. The molecule has 0 radical (unpaired) electrons. The van der Waals surface area contributed by atoms with E-state index < -0.39 is 6.29 Å². The molecule has 0 aromatic heterocycles. The molecule has 3 heteroatoms. The predicted octanol–water partition coefficient (Wildman–Crippen LogP) is 1.32. The van der Waals surface area contributed by atoms with Gasteiger partial charge < -0.3 is 15.2 Å². The molecule has 1 unspecified atom stereocenters. The van der Waals surface area contributed by atoms with Gasteiger partial charge in [0.2, 0.25) is 0 Å². The number of fused-ring (bicyclic) bond motifs is 1. The lowest BCUT2D eigenvalue weighted by Gasteiger charge is -2.14. The van der Waals surface area contributed by atoms with Gasteiger partial charge in [-0.25, -0.2) is 0 Å². The van der Waals surface area contributed by atoms with Crippen LogP contribution in [0.5, 0.6) is 0 Å². The van der Waals surface area contributed by atoms with Gasteiger partial charge in [-0.1, -0.05) is 18.2 Å². The minimum atomic E-state index is -0.783. The lowest BCUT2D eigenvalue weighted by molar-refractivity contribution is -0.0984. The highest BCUT2D eigenvalue weighted by molar-refractivity contribution is 5.38. The van der Waals surface area contributed by atoms with Gasteiger partial charge in [-0.15, -0.1) is 0 Å².